The first-order chi connectivity index (χ1) is 11.3. The van der Waals surface area contributed by atoms with E-state index in [4.69, 9.17) is 10.5 Å². The zero-order valence-corrected chi connectivity index (χ0v) is 14.0. The lowest BCUT2D eigenvalue weighted by Gasteiger charge is -2.12. The molecule has 1 heterocycles. The van der Waals surface area contributed by atoms with Gasteiger partial charge in [0.15, 0.2) is 5.96 Å². The van der Waals surface area contributed by atoms with Gasteiger partial charge in [-0.05, 0) is 17.7 Å². The normalized spacial score (nSPS) is 17.1. The minimum Gasteiger partial charge on any atom is -0.380 e. The Kier molecular flexibility index (Phi) is 5.20. The minimum absolute atomic E-state index is 0.436. The number of benzene rings is 2. The van der Waals surface area contributed by atoms with Gasteiger partial charge in [0.1, 0.15) is 0 Å². The first-order valence-electron chi connectivity index (χ1n) is 7.63. The monoisotopic (exact) mass is 327 g/mol. The summed E-state index contributed by atoms with van der Waals surface area (Å²) in [6, 6.07) is 16.5. The Morgan fingerprint density at radius 2 is 2.04 bits per heavy atom. The van der Waals surface area contributed by atoms with Crippen LogP contribution in [0.3, 0.4) is 0 Å². The Morgan fingerprint density at radius 3 is 2.91 bits per heavy atom. The fourth-order valence-electron chi connectivity index (χ4n) is 2.69. The molecule has 0 bridgehead atoms. The average Bonchev–Trinajstić information content (AvgIpc) is 2.98. The Labute approximate surface area is 141 Å². The van der Waals surface area contributed by atoms with E-state index >= 15 is 0 Å². The zero-order valence-electron chi connectivity index (χ0n) is 13.2. The van der Waals surface area contributed by atoms with Gasteiger partial charge < -0.3 is 15.8 Å². The number of thioether (sulfide) groups is 1. The van der Waals surface area contributed by atoms with Crippen molar-refractivity contribution in [1.29, 1.82) is 0 Å². The van der Waals surface area contributed by atoms with Gasteiger partial charge in [0.2, 0.25) is 0 Å². The summed E-state index contributed by atoms with van der Waals surface area (Å²) in [5, 5.41) is 3.18. The highest BCUT2D eigenvalue weighted by Crippen LogP contribution is 2.39. The van der Waals surface area contributed by atoms with Crippen LogP contribution in [0.25, 0.3) is 0 Å². The summed E-state index contributed by atoms with van der Waals surface area (Å²) in [6.07, 6.45) is 0. The van der Waals surface area contributed by atoms with Gasteiger partial charge in [-0.15, -0.1) is 11.8 Å². The number of nitrogens with zero attached hydrogens (tertiary/aromatic N) is 1. The maximum atomic E-state index is 6.06. The van der Waals surface area contributed by atoms with Crippen LogP contribution in [0.4, 0.5) is 5.69 Å². The van der Waals surface area contributed by atoms with Crippen molar-refractivity contribution < 1.29 is 4.74 Å². The first-order valence-corrected chi connectivity index (χ1v) is 8.62. The van der Waals surface area contributed by atoms with Crippen LogP contribution in [-0.4, -0.2) is 25.4 Å². The molecular formula is C18H21N3OS. The predicted molar refractivity (Wildman–Crippen MR) is 97.2 cm³/mol. The third-order valence-electron chi connectivity index (χ3n) is 3.86. The summed E-state index contributed by atoms with van der Waals surface area (Å²) in [4.78, 5) is 5.90. The number of hydrogen-bond donors (Lipinski definition) is 2. The Morgan fingerprint density at radius 1 is 1.26 bits per heavy atom. The second-order valence-corrected chi connectivity index (χ2v) is 6.55. The van der Waals surface area contributed by atoms with Gasteiger partial charge in [-0.3, -0.25) is 4.99 Å². The van der Waals surface area contributed by atoms with E-state index < -0.39 is 0 Å². The molecule has 1 atom stereocenters. The van der Waals surface area contributed by atoms with Gasteiger partial charge in [-0.25, -0.2) is 0 Å². The number of para-hydroxylation sites is 1. The number of nitrogens with one attached hydrogen (secondary N) is 1. The lowest BCUT2D eigenvalue weighted by atomic mass is 10.0. The molecule has 0 spiro atoms. The lowest BCUT2D eigenvalue weighted by molar-refractivity contribution is 0.185. The van der Waals surface area contributed by atoms with Crippen LogP contribution in [0, 0.1) is 0 Å². The summed E-state index contributed by atoms with van der Waals surface area (Å²) >= 11 is 1.89. The van der Waals surface area contributed by atoms with Gasteiger partial charge in [-0.1, -0.05) is 36.4 Å². The van der Waals surface area contributed by atoms with Gasteiger partial charge in [0.05, 0.1) is 13.2 Å². The summed E-state index contributed by atoms with van der Waals surface area (Å²) in [6.45, 7) is 1.25. The van der Waals surface area contributed by atoms with E-state index in [1.54, 1.807) is 7.11 Å². The van der Waals surface area contributed by atoms with Crippen molar-refractivity contribution in [3.63, 3.8) is 0 Å². The average molecular weight is 327 g/mol. The fourth-order valence-corrected chi connectivity index (χ4v) is 3.93. The predicted octanol–water partition coefficient (Wildman–Crippen LogP) is 3.45. The molecule has 3 rings (SSSR count). The quantitative estimate of drug-likeness (QED) is 0.652. The molecule has 5 heteroatoms. The summed E-state index contributed by atoms with van der Waals surface area (Å²) in [5.74, 6) is 1.95. The molecule has 120 valence electrons. The van der Waals surface area contributed by atoms with Crippen molar-refractivity contribution in [2.75, 3.05) is 24.7 Å². The molecule has 0 fully saturated rings. The molecule has 1 unspecified atom stereocenters. The summed E-state index contributed by atoms with van der Waals surface area (Å²) in [5.41, 5.74) is 9.45. The first kappa shape index (κ1) is 15.9. The second-order valence-electron chi connectivity index (χ2n) is 5.49. The molecule has 0 radical (unpaired) electrons. The number of fused-ring (bicyclic) bond motifs is 1. The Balaban J connectivity index is 1.65. The number of aliphatic imine (C=N–C) groups is 1. The molecule has 4 nitrogen and oxygen atoms in total. The van der Waals surface area contributed by atoms with Gasteiger partial charge in [-0.2, -0.15) is 0 Å². The third kappa shape index (κ3) is 3.86. The maximum absolute atomic E-state index is 6.06. The molecule has 2 aromatic rings. The lowest BCUT2D eigenvalue weighted by Crippen LogP contribution is -2.24. The van der Waals surface area contributed by atoms with Crippen molar-refractivity contribution in [3.8, 4) is 0 Å². The molecule has 23 heavy (non-hydrogen) atoms. The number of rotatable bonds is 5. The number of guanidine groups is 1. The number of anilines is 1. The molecule has 0 aromatic heterocycles. The van der Waals surface area contributed by atoms with Crippen LogP contribution in [-0.2, 0) is 11.3 Å². The van der Waals surface area contributed by atoms with Crippen molar-refractivity contribution >= 4 is 23.4 Å². The largest absolute Gasteiger partial charge is 0.380 e. The number of methoxy groups -OCH3 is 1. The third-order valence-corrected chi connectivity index (χ3v) is 5.11. The smallest absolute Gasteiger partial charge is 0.193 e. The van der Waals surface area contributed by atoms with Gasteiger partial charge in [0.25, 0.3) is 0 Å². The standard InChI is InChI=1S/C18H21N3OS/c1-22-11-13-6-2-4-8-16(13)21-18(19)20-10-14-12-23-17-9-5-3-7-15(14)17/h2-9,14H,10-12H2,1H3,(H3,19,20,21). The van der Waals surface area contributed by atoms with E-state index in [-0.39, 0.29) is 0 Å². The number of hydrogen-bond acceptors (Lipinski definition) is 3. The zero-order chi connectivity index (χ0) is 16.1. The molecule has 0 aliphatic carbocycles. The topological polar surface area (TPSA) is 59.6 Å². The van der Waals surface area contributed by atoms with E-state index in [9.17, 15) is 0 Å². The SMILES string of the molecule is COCc1ccccc1NC(N)=NCC1CSc2ccccc21. The van der Waals surface area contributed by atoms with Crippen LogP contribution in [0.2, 0.25) is 0 Å². The molecule has 2 aromatic carbocycles. The van der Waals surface area contributed by atoms with Crippen LogP contribution in [0.5, 0.6) is 0 Å². The summed E-state index contributed by atoms with van der Waals surface area (Å²) < 4.78 is 5.21. The van der Waals surface area contributed by atoms with Crippen molar-refractivity contribution in [3.05, 3.63) is 59.7 Å². The maximum Gasteiger partial charge on any atom is 0.193 e. The fraction of sp³-hybridized carbons (Fsp3) is 0.278. The number of nitrogens with two attached hydrogens (primary N) is 1. The molecule has 3 N–H and O–H groups in total. The van der Waals surface area contributed by atoms with Crippen LogP contribution in [0.15, 0.2) is 58.4 Å². The number of ether oxygens (including phenoxy) is 1. The van der Waals surface area contributed by atoms with Gasteiger partial charge in [0, 0.05) is 34.9 Å². The molecule has 1 aliphatic rings. The highest BCUT2D eigenvalue weighted by atomic mass is 32.2. The van der Waals surface area contributed by atoms with Crippen LogP contribution < -0.4 is 11.1 Å². The second kappa shape index (κ2) is 7.53. The van der Waals surface area contributed by atoms with Crippen molar-refractivity contribution in [2.24, 2.45) is 10.7 Å². The molecule has 0 amide bonds. The molecule has 0 saturated heterocycles. The van der Waals surface area contributed by atoms with E-state index in [1.165, 1.54) is 10.5 Å². The van der Waals surface area contributed by atoms with E-state index in [1.807, 2.05) is 36.0 Å². The van der Waals surface area contributed by atoms with Crippen molar-refractivity contribution in [2.45, 2.75) is 17.4 Å². The van der Waals surface area contributed by atoms with Crippen LogP contribution in [0.1, 0.15) is 17.0 Å². The highest BCUT2D eigenvalue weighted by Gasteiger charge is 2.22. The Hall–Kier alpha value is -1.98. The van der Waals surface area contributed by atoms with E-state index in [2.05, 4.69) is 34.6 Å². The minimum atomic E-state index is 0.436. The van der Waals surface area contributed by atoms with Crippen molar-refractivity contribution in [1.82, 2.24) is 0 Å². The molecular weight excluding hydrogens is 306 g/mol. The highest BCUT2D eigenvalue weighted by molar-refractivity contribution is 7.99. The van der Waals surface area contributed by atoms with E-state index in [0.717, 1.165) is 17.0 Å². The van der Waals surface area contributed by atoms with Gasteiger partial charge >= 0.3 is 0 Å². The Bertz CT molecular complexity index is 702. The molecule has 0 saturated carbocycles. The van der Waals surface area contributed by atoms with E-state index in [0.29, 0.717) is 25.0 Å². The summed E-state index contributed by atoms with van der Waals surface area (Å²) in [7, 11) is 1.68. The molecule has 1 aliphatic heterocycles. The van der Waals surface area contributed by atoms with Crippen LogP contribution >= 0.6 is 11.8 Å².